The average Bonchev–Trinajstić information content (AvgIpc) is 2.58. The Hall–Kier alpha value is -2.24. The number of hydrogen-bond acceptors (Lipinski definition) is 3. The van der Waals surface area contributed by atoms with Gasteiger partial charge < -0.3 is 15.4 Å². The zero-order chi connectivity index (χ0) is 18.4. The van der Waals surface area contributed by atoms with E-state index in [4.69, 9.17) is 27.9 Å². The predicted molar refractivity (Wildman–Crippen MR) is 101 cm³/mol. The monoisotopic (exact) mass is 380 g/mol. The summed E-state index contributed by atoms with van der Waals surface area (Å²) in [6.45, 7) is 3.41. The molecule has 0 saturated carbocycles. The molecule has 0 atom stereocenters. The molecule has 0 aliphatic carbocycles. The van der Waals surface area contributed by atoms with Crippen molar-refractivity contribution >= 4 is 46.4 Å². The van der Waals surface area contributed by atoms with Gasteiger partial charge in [0.2, 0.25) is 5.91 Å². The summed E-state index contributed by atoms with van der Waals surface area (Å²) in [6, 6.07) is 10.1. The van der Waals surface area contributed by atoms with Crippen molar-refractivity contribution in [1.29, 1.82) is 0 Å². The van der Waals surface area contributed by atoms with E-state index in [1.54, 1.807) is 37.3 Å². The summed E-state index contributed by atoms with van der Waals surface area (Å²) in [4.78, 5) is 23.6. The van der Waals surface area contributed by atoms with Crippen molar-refractivity contribution in [1.82, 2.24) is 0 Å². The van der Waals surface area contributed by atoms with Crippen LogP contribution < -0.4 is 15.4 Å². The smallest absolute Gasteiger partial charge is 0.262 e. The minimum Gasteiger partial charge on any atom is -0.482 e. The Bertz CT molecular complexity index is 794. The molecule has 0 saturated heterocycles. The van der Waals surface area contributed by atoms with E-state index in [0.717, 1.165) is 5.56 Å². The highest BCUT2D eigenvalue weighted by Crippen LogP contribution is 2.27. The van der Waals surface area contributed by atoms with Gasteiger partial charge >= 0.3 is 0 Å². The van der Waals surface area contributed by atoms with Gasteiger partial charge in [0.25, 0.3) is 5.91 Å². The van der Waals surface area contributed by atoms with Crippen LogP contribution in [0.15, 0.2) is 36.4 Å². The molecule has 2 N–H and O–H groups in total. The Morgan fingerprint density at radius 1 is 1.04 bits per heavy atom. The van der Waals surface area contributed by atoms with Crippen LogP contribution in [0.2, 0.25) is 10.0 Å². The molecular formula is C18H18Cl2N2O3. The third-order valence-electron chi connectivity index (χ3n) is 3.37. The molecule has 2 rings (SSSR count). The molecule has 0 unspecified atom stereocenters. The molecule has 132 valence electrons. The summed E-state index contributed by atoms with van der Waals surface area (Å²) in [5.41, 5.74) is 2.08. The van der Waals surface area contributed by atoms with Crippen LogP contribution in [-0.2, 0) is 9.59 Å². The summed E-state index contributed by atoms with van der Waals surface area (Å²) < 4.78 is 5.41. The van der Waals surface area contributed by atoms with Crippen LogP contribution in [0.25, 0.3) is 0 Å². The summed E-state index contributed by atoms with van der Waals surface area (Å²) in [6.07, 6.45) is 0.379. The zero-order valence-electron chi connectivity index (χ0n) is 13.9. The quantitative estimate of drug-likeness (QED) is 0.764. The zero-order valence-corrected chi connectivity index (χ0v) is 15.4. The Labute approximate surface area is 156 Å². The number of anilines is 2. The van der Waals surface area contributed by atoms with E-state index in [2.05, 4.69) is 10.6 Å². The molecular weight excluding hydrogens is 363 g/mol. The van der Waals surface area contributed by atoms with Crippen molar-refractivity contribution in [3.63, 3.8) is 0 Å². The highest BCUT2D eigenvalue weighted by molar-refractivity contribution is 6.34. The number of benzene rings is 2. The van der Waals surface area contributed by atoms with Gasteiger partial charge in [-0.2, -0.15) is 0 Å². The lowest BCUT2D eigenvalue weighted by molar-refractivity contribution is -0.118. The van der Waals surface area contributed by atoms with Crippen molar-refractivity contribution in [2.45, 2.75) is 20.3 Å². The predicted octanol–water partition coefficient (Wildman–Crippen LogP) is 4.67. The van der Waals surface area contributed by atoms with E-state index < -0.39 is 0 Å². The van der Waals surface area contributed by atoms with Crippen LogP contribution in [-0.4, -0.2) is 18.4 Å². The first-order chi connectivity index (χ1) is 11.9. The van der Waals surface area contributed by atoms with Gasteiger partial charge in [-0.15, -0.1) is 0 Å². The molecule has 2 aromatic rings. The number of aryl methyl sites for hydroxylation is 1. The van der Waals surface area contributed by atoms with E-state index in [1.807, 2.05) is 13.0 Å². The van der Waals surface area contributed by atoms with Crippen molar-refractivity contribution in [2.24, 2.45) is 0 Å². The normalized spacial score (nSPS) is 10.2. The molecule has 5 nitrogen and oxygen atoms in total. The van der Waals surface area contributed by atoms with Crippen molar-refractivity contribution in [3.8, 4) is 5.75 Å². The molecule has 2 aromatic carbocycles. The third kappa shape index (κ3) is 5.66. The van der Waals surface area contributed by atoms with Crippen LogP contribution in [0.4, 0.5) is 11.4 Å². The molecule has 0 radical (unpaired) electrons. The van der Waals surface area contributed by atoms with E-state index in [-0.39, 0.29) is 18.4 Å². The SMILES string of the molecule is CCC(=O)Nc1ccc(C)c(NC(=O)COc2cc(Cl)ccc2Cl)c1. The number of hydrogen-bond donors (Lipinski definition) is 2. The number of amides is 2. The fourth-order valence-electron chi connectivity index (χ4n) is 2.00. The molecule has 0 aliphatic heterocycles. The molecule has 2 amide bonds. The second-order valence-electron chi connectivity index (χ2n) is 5.34. The first-order valence-corrected chi connectivity index (χ1v) is 8.43. The first kappa shape index (κ1) is 19.1. The minimum absolute atomic E-state index is 0.0972. The molecule has 0 aliphatic rings. The van der Waals surface area contributed by atoms with Gasteiger partial charge in [0, 0.05) is 28.9 Å². The molecule has 0 bridgehead atoms. The van der Waals surface area contributed by atoms with Crippen molar-refractivity contribution < 1.29 is 14.3 Å². The van der Waals surface area contributed by atoms with Gasteiger partial charge in [-0.3, -0.25) is 9.59 Å². The Morgan fingerprint density at radius 2 is 1.80 bits per heavy atom. The van der Waals surface area contributed by atoms with Crippen LogP contribution in [0.3, 0.4) is 0 Å². The molecule has 0 aromatic heterocycles. The van der Waals surface area contributed by atoms with E-state index in [0.29, 0.717) is 33.6 Å². The lowest BCUT2D eigenvalue weighted by Crippen LogP contribution is -2.21. The highest BCUT2D eigenvalue weighted by atomic mass is 35.5. The number of halogens is 2. The Morgan fingerprint density at radius 3 is 2.52 bits per heavy atom. The number of carbonyl (C=O) groups is 2. The van der Waals surface area contributed by atoms with Gasteiger partial charge in [0.15, 0.2) is 6.61 Å². The maximum absolute atomic E-state index is 12.1. The fourth-order valence-corrected chi connectivity index (χ4v) is 2.34. The maximum atomic E-state index is 12.1. The molecule has 0 heterocycles. The number of nitrogens with one attached hydrogen (secondary N) is 2. The summed E-state index contributed by atoms with van der Waals surface area (Å²) in [7, 11) is 0. The summed E-state index contributed by atoms with van der Waals surface area (Å²) in [5.74, 6) is -0.108. The summed E-state index contributed by atoms with van der Waals surface area (Å²) in [5, 5.41) is 6.35. The van der Waals surface area contributed by atoms with E-state index >= 15 is 0 Å². The van der Waals surface area contributed by atoms with Crippen LogP contribution in [0.1, 0.15) is 18.9 Å². The maximum Gasteiger partial charge on any atom is 0.262 e. The Balaban J connectivity index is 2.01. The number of rotatable bonds is 6. The lowest BCUT2D eigenvalue weighted by Gasteiger charge is -2.12. The third-order valence-corrected chi connectivity index (χ3v) is 3.92. The van der Waals surface area contributed by atoms with Crippen LogP contribution in [0, 0.1) is 6.92 Å². The fraction of sp³-hybridized carbons (Fsp3) is 0.222. The average molecular weight is 381 g/mol. The van der Waals surface area contributed by atoms with Crippen LogP contribution in [0.5, 0.6) is 5.75 Å². The minimum atomic E-state index is -0.349. The summed E-state index contributed by atoms with van der Waals surface area (Å²) >= 11 is 11.9. The molecule has 7 heteroatoms. The molecule has 25 heavy (non-hydrogen) atoms. The van der Waals surface area contributed by atoms with Crippen molar-refractivity contribution in [2.75, 3.05) is 17.2 Å². The highest BCUT2D eigenvalue weighted by Gasteiger charge is 2.10. The second kappa shape index (κ2) is 8.74. The number of ether oxygens (including phenoxy) is 1. The van der Waals surface area contributed by atoms with E-state index in [1.165, 1.54) is 0 Å². The largest absolute Gasteiger partial charge is 0.482 e. The van der Waals surface area contributed by atoms with E-state index in [9.17, 15) is 9.59 Å². The Kier molecular flexibility index (Phi) is 6.67. The molecule has 0 fully saturated rings. The van der Waals surface area contributed by atoms with Gasteiger partial charge in [-0.25, -0.2) is 0 Å². The first-order valence-electron chi connectivity index (χ1n) is 7.67. The van der Waals surface area contributed by atoms with Gasteiger partial charge in [0.1, 0.15) is 5.75 Å². The topological polar surface area (TPSA) is 67.4 Å². The van der Waals surface area contributed by atoms with Gasteiger partial charge in [-0.05, 0) is 36.8 Å². The van der Waals surface area contributed by atoms with Gasteiger partial charge in [0.05, 0.1) is 5.02 Å². The second-order valence-corrected chi connectivity index (χ2v) is 6.19. The lowest BCUT2D eigenvalue weighted by atomic mass is 10.1. The number of carbonyl (C=O) groups excluding carboxylic acids is 2. The van der Waals surface area contributed by atoms with Crippen molar-refractivity contribution in [3.05, 3.63) is 52.0 Å². The molecule has 0 spiro atoms. The standard InChI is InChI=1S/C18H18Cl2N2O3/c1-3-17(23)21-13-6-4-11(2)15(9-13)22-18(24)10-25-16-8-12(19)5-7-14(16)20/h4-9H,3,10H2,1-2H3,(H,21,23)(H,22,24). The van der Waals surface area contributed by atoms with Crippen LogP contribution >= 0.6 is 23.2 Å². The van der Waals surface area contributed by atoms with Gasteiger partial charge in [-0.1, -0.05) is 36.2 Å².